The number of hydrogen-bond acceptors (Lipinski definition) is 3. The molecule has 28 heavy (non-hydrogen) atoms. The summed E-state index contributed by atoms with van der Waals surface area (Å²) in [5.41, 5.74) is 6.03. The number of carbonyl (C=O) groups excluding carboxylic acids is 1. The van der Waals surface area contributed by atoms with Gasteiger partial charge in [-0.3, -0.25) is 4.79 Å². The Bertz CT molecular complexity index is 848. The molecule has 1 saturated heterocycles. The molecule has 0 atom stereocenters. The maximum atomic E-state index is 12.3. The lowest BCUT2D eigenvalue weighted by Gasteiger charge is -2.33. The van der Waals surface area contributed by atoms with E-state index in [0.717, 1.165) is 37.2 Å². The highest BCUT2D eigenvalue weighted by Gasteiger charge is 2.20. The van der Waals surface area contributed by atoms with Gasteiger partial charge in [-0.25, -0.2) is 0 Å². The SMILES string of the molecule is COc1ccc(N2CCC(NC(=O)/C=C/c3cc(C)c(C)cc3C)CC2)cc1. The molecule has 0 bridgehead atoms. The largest absolute Gasteiger partial charge is 0.497 e. The van der Waals surface area contributed by atoms with Crippen LogP contribution in [0.15, 0.2) is 42.5 Å². The van der Waals surface area contributed by atoms with Crippen LogP contribution in [0.1, 0.15) is 35.1 Å². The minimum Gasteiger partial charge on any atom is -0.497 e. The van der Waals surface area contributed by atoms with Crippen molar-refractivity contribution in [3.05, 3.63) is 64.7 Å². The van der Waals surface area contributed by atoms with Gasteiger partial charge in [0.25, 0.3) is 0 Å². The highest BCUT2D eigenvalue weighted by molar-refractivity contribution is 5.92. The molecule has 1 heterocycles. The molecule has 1 amide bonds. The lowest BCUT2D eigenvalue weighted by Crippen LogP contribution is -2.44. The van der Waals surface area contributed by atoms with Gasteiger partial charge in [0.1, 0.15) is 5.75 Å². The van der Waals surface area contributed by atoms with Crippen LogP contribution in [0, 0.1) is 20.8 Å². The minimum absolute atomic E-state index is 0.0134. The first kappa shape index (κ1) is 20.0. The van der Waals surface area contributed by atoms with Gasteiger partial charge in [0.05, 0.1) is 7.11 Å². The molecule has 148 valence electrons. The van der Waals surface area contributed by atoms with Crippen LogP contribution in [0.4, 0.5) is 5.69 Å². The molecule has 4 nitrogen and oxygen atoms in total. The third kappa shape index (κ3) is 4.94. The first-order chi connectivity index (χ1) is 13.5. The van der Waals surface area contributed by atoms with Crippen LogP contribution in [0.25, 0.3) is 6.08 Å². The van der Waals surface area contributed by atoms with Crippen molar-refractivity contribution in [3.63, 3.8) is 0 Å². The van der Waals surface area contributed by atoms with E-state index in [9.17, 15) is 4.79 Å². The summed E-state index contributed by atoms with van der Waals surface area (Å²) in [7, 11) is 1.68. The highest BCUT2D eigenvalue weighted by atomic mass is 16.5. The molecule has 1 N–H and O–H groups in total. The molecule has 0 aromatic heterocycles. The Kier molecular flexibility index (Phi) is 6.40. The van der Waals surface area contributed by atoms with Crippen LogP contribution in [-0.2, 0) is 4.79 Å². The van der Waals surface area contributed by atoms with Crippen molar-refractivity contribution >= 4 is 17.7 Å². The smallest absolute Gasteiger partial charge is 0.244 e. The van der Waals surface area contributed by atoms with Gasteiger partial charge in [0.2, 0.25) is 5.91 Å². The lowest BCUT2D eigenvalue weighted by atomic mass is 10.0. The van der Waals surface area contributed by atoms with Crippen LogP contribution < -0.4 is 15.0 Å². The number of benzene rings is 2. The third-order valence-corrected chi connectivity index (χ3v) is 5.58. The molecule has 0 saturated carbocycles. The highest BCUT2D eigenvalue weighted by Crippen LogP contribution is 2.23. The Labute approximate surface area is 168 Å². The number of amides is 1. The fourth-order valence-corrected chi connectivity index (χ4v) is 3.65. The predicted octanol–water partition coefficient (Wildman–Crippen LogP) is 4.42. The summed E-state index contributed by atoms with van der Waals surface area (Å²) in [5, 5.41) is 3.15. The fraction of sp³-hybridized carbons (Fsp3) is 0.375. The molecule has 1 fully saturated rings. The summed E-state index contributed by atoms with van der Waals surface area (Å²) in [6.45, 7) is 8.18. The van der Waals surface area contributed by atoms with E-state index in [4.69, 9.17) is 4.74 Å². The fourth-order valence-electron chi connectivity index (χ4n) is 3.65. The standard InChI is InChI=1S/C24H30N2O2/c1-17-15-19(3)20(16-18(17)2)5-10-24(27)25-21-11-13-26(14-12-21)22-6-8-23(28-4)9-7-22/h5-10,15-16,21H,11-14H2,1-4H3,(H,25,27)/b10-5+. The second kappa shape index (κ2) is 8.96. The maximum absolute atomic E-state index is 12.3. The zero-order valence-electron chi connectivity index (χ0n) is 17.3. The van der Waals surface area contributed by atoms with Gasteiger partial charge < -0.3 is 15.0 Å². The Hall–Kier alpha value is -2.75. The first-order valence-corrected chi connectivity index (χ1v) is 9.91. The molecule has 0 radical (unpaired) electrons. The quantitative estimate of drug-likeness (QED) is 0.783. The van der Waals surface area contributed by atoms with E-state index in [-0.39, 0.29) is 11.9 Å². The Morgan fingerprint density at radius 2 is 1.68 bits per heavy atom. The molecule has 2 aromatic rings. The summed E-state index contributed by atoms with van der Waals surface area (Å²) in [4.78, 5) is 14.7. The van der Waals surface area contributed by atoms with E-state index < -0.39 is 0 Å². The normalized spacial score (nSPS) is 15.1. The monoisotopic (exact) mass is 378 g/mol. The van der Waals surface area contributed by atoms with Crippen LogP contribution in [0.2, 0.25) is 0 Å². The Morgan fingerprint density at radius 1 is 1.04 bits per heavy atom. The van der Waals surface area contributed by atoms with Crippen molar-refractivity contribution in [2.45, 2.75) is 39.7 Å². The van der Waals surface area contributed by atoms with Crippen molar-refractivity contribution in [1.29, 1.82) is 0 Å². The second-order valence-electron chi connectivity index (χ2n) is 7.59. The van der Waals surface area contributed by atoms with Gasteiger partial charge in [-0.1, -0.05) is 12.1 Å². The van der Waals surface area contributed by atoms with E-state index in [0.29, 0.717) is 0 Å². The molecule has 0 aliphatic carbocycles. The molecule has 1 aliphatic heterocycles. The van der Waals surface area contributed by atoms with Crippen molar-refractivity contribution in [1.82, 2.24) is 5.32 Å². The average molecular weight is 379 g/mol. The molecule has 4 heteroatoms. The molecule has 2 aromatic carbocycles. The number of methoxy groups -OCH3 is 1. The van der Waals surface area contributed by atoms with E-state index in [1.54, 1.807) is 13.2 Å². The van der Waals surface area contributed by atoms with Gasteiger partial charge in [0, 0.05) is 30.9 Å². The van der Waals surface area contributed by atoms with Crippen LogP contribution in [0.5, 0.6) is 5.75 Å². The van der Waals surface area contributed by atoms with Gasteiger partial charge in [-0.05, 0) is 86.2 Å². The van der Waals surface area contributed by atoms with Crippen LogP contribution in [-0.4, -0.2) is 32.1 Å². The summed E-state index contributed by atoms with van der Waals surface area (Å²) < 4.78 is 5.22. The summed E-state index contributed by atoms with van der Waals surface area (Å²) in [5.74, 6) is 0.859. The minimum atomic E-state index is -0.0134. The second-order valence-corrected chi connectivity index (χ2v) is 7.59. The van der Waals surface area contributed by atoms with E-state index in [2.05, 4.69) is 55.3 Å². The number of carbonyl (C=O) groups is 1. The topological polar surface area (TPSA) is 41.6 Å². The third-order valence-electron chi connectivity index (χ3n) is 5.58. The van der Waals surface area contributed by atoms with Crippen LogP contribution in [0.3, 0.4) is 0 Å². The van der Waals surface area contributed by atoms with Crippen molar-refractivity contribution in [2.75, 3.05) is 25.1 Å². The molecule has 3 rings (SSSR count). The molecular weight excluding hydrogens is 348 g/mol. The maximum Gasteiger partial charge on any atom is 0.244 e. The summed E-state index contributed by atoms with van der Waals surface area (Å²) in [6.07, 6.45) is 5.49. The lowest BCUT2D eigenvalue weighted by molar-refractivity contribution is -0.117. The number of anilines is 1. The van der Waals surface area contributed by atoms with Gasteiger partial charge in [-0.15, -0.1) is 0 Å². The number of aryl methyl sites for hydroxylation is 3. The molecule has 0 unspecified atom stereocenters. The predicted molar refractivity (Wildman–Crippen MR) is 116 cm³/mol. The number of ether oxygens (including phenoxy) is 1. The molecular formula is C24H30N2O2. The average Bonchev–Trinajstić information content (AvgIpc) is 2.70. The Morgan fingerprint density at radius 3 is 2.32 bits per heavy atom. The summed E-state index contributed by atoms with van der Waals surface area (Å²) >= 11 is 0. The van der Waals surface area contributed by atoms with E-state index >= 15 is 0 Å². The first-order valence-electron chi connectivity index (χ1n) is 9.91. The van der Waals surface area contributed by atoms with E-state index in [1.807, 2.05) is 18.2 Å². The van der Waals surface area contributed by atoms with Gasteiger partial charge >= 0.3 is 0 Å². The molecule has 1 aliphatic rings. The number of nitrogens with zero attached hydrogens (tertiary/aromatic N) is 1. The number of piperidine rings is 1. The number of rotatable bonds is 5. The van der Waals surface area contributed by atoms with Crippen molar-refractivity contribution in [3.8, 4) is 5.75 Å². The van der Waals surface area contributed by atoms with Gasteiger partial charge in [-0.2, -0.15) is 0 Å². The molecule has 0 spiro atoms. The Balaban J connectivity index is 1.51. The van der Waals surface area contributed by atoms with E-state index in [1.165, 1.54) is 22.4 Å². The van der Waals surface area contributed by atoms with Crippen molar-refractivity contribution < 1.29 is 9.53 Å². The number of hydrogen-bond donors (Lipinski definition) is 1. The zero-order valence-corrected chi connectivity index (χ0v) is 17.3. The summed E-state index contributed by atoms with van der Waals surface area (Å²) in [6, 6.07) is 12.7. The van der Waals surface area contributed by atoms with Crippen molar-refractivity contribution in [2.24, 2.45) is 0 Å². The van der Waals surface area contributed by atoms with Crippen LogP contribution >= 0.6 is 0 Å². The van der Waals surface area contributed by atoms with Gasteiger partial charge in [0.15, 0.2) is 0 Å². The number of nitrogens with one attached hydrogen (secondary N) is 1. The zero-order chi connectivity index (χ0) is 20.1.